The third-order valence-corrected chi connectivity index (χ3v) is 4.83. The number of carbonyl (C=O) groups excluding carboxylic acids is 2. The number of halogens is 1. The van der Waals surface area contributed by atoms with Gasteiger partial charge in [-0.1, -0.05) is 18.0 Å². The van der Waals surface area contributed by atoms with Gasteiger partial charge in [0.2, 0.25) is 5.91 Å². The molecule has 0 saturated heterocycles. The number of ether oxygens (including phenoxy) is 2. The molecule has 1 aliphatic rings. The number of hydrogen-bond donors (Lipinski definition) is 1. The van der Waals surface area contributed by atoms with Gasteiger partial charge in [0.15, 0.2) is 5.15 Å². The average molecular weight is 378 g/mol. The van der Waals surface area contributed by atoms with Gasteiger partial charge in [-0.2, -0.15) is 0 Å². The Hall–Kier alpha value is -2.25. The highest BCUT2D eigenvalue weighted by Crippen LogP contribution is 2.27. The number of rotatable bonds is 6. The van der Waals surface area contributed by atoms with E-state index >= 15 is 0 Å². The molecule has 0 atom stereocenters. The fourth-order valence-corrected chi connectivity index (χ4v) is 3.03. The second-order valence-corrected chi connectivity index (χ2v) is 6.59. The number of aromatic nitrogens is 2. The molecule has 3 rings (SSSR count). The zero-order valence-electron chi connectivity index (χ0n) is 14.7. The highest BCUT2D eigenvalue weighted by atomic mass is 35.5. The van der Waals surface area contributed by atoms with E-state index in [1.165, 1.54) is 7.11 Å². The van der Waals surface area contributed by atoms with Gasteiger partial charge in [-0.3, -0.25) is 4.79 Å². The molecule has 1 aromatic heterocycles. The van der Waals surface area contributed by atoms with Crippen molar-refractivity contribution in [1.82, 2.24) is 15.3 Å². The fourth-order valence-electron chi connectivity index (χ4n) is 2.83. The molecule has 138 valence electrons. The maximum atomic E-state index is 12.0. The largest absolute Gasteiger partial charge is 0.465 e. The lowest BCUT2D eigenvalue weighted by Gasteiger charge is -2.24. The molecule has 2 aromatic rings. The van der Waals surface area contributed by atoms with Crippen molar-refractivity contribution in [1.29, 1.82) is 0 Å². The predicted octanol–water partition coefficient (Wildman–Crippen LogP) is 2.63. The molecular weight excluding hydrogens is 358 g/mol. The maximum absolute atomic E-state index is 12.0. The molecule has 1 heterocycles. The van der Waals surface area contributed by atoms with Crippen molar-refractivity contribution >= 4 is 34.5 Å². The number of benzene rings is 1. The molecule has 0 radical (unpaired) electrons. The van der Waals surface area contributed by atoms with Crippen molar-refractivity contribution in [3.8, 4) is 0 Å². The summed E-state index contributed by atoms with van der Waals surface area (Å²) in [5.74, 6) is -0.359. The number of methoxy groups -OCH3 is 2. The van der Waals surface area contributed by atoms with Crippen molar-refractivity contribution in [3.05, 3.63) is 34.1 Å². The summed E-state index contributed by atoms with van der Waals surface area (Å²) in [4.78, 5) is 32.8. The summed E-state index contributed by atoms with van der Waals surface area (Å²) in [7, 11) is 2.86. The Kier molecular flexibility index (Phi) is 5.68. The van der Waals surface area contributed by atoms with Gasteiger partial charge in [0.05, 0.1) is 42.6 Å². The maximum Gasteiger partial charge on any atom is 0.338 e. The lowest BCUT2D eigenvalue weighted by atomic mass is 9.85. The predicted molar refractivity (Wildman–Crippen MR) is 95.8 cm³/mol. The molecule has 1 N–H and O–H groups in total. The number of nitrogens with zero attached hydrogens (tertiary/aromatic N) is 2. The molecule has 1 aliphatic carbocycles. The summed E-state index contributed by atoms with van der Waals surface area (Å²) >= 11 is 6.22. The Balaban J connectivity index is 1.90. The number of esters is 1. The molecule has 1 fully saturated rings. The zero-order valence-corrected chi connectivity index (χ0v) is 15.4. The van der Waals surface area contributed by atoms with Gasteiger partial charge >= 0.3 is 5.97 Å². The van der Waals surface area contributed by atoms with Crippen molar-refractivity contribution in [2.24, 2.45) is 5.92 Å². The van der Waals surface area contributed by atoms with E-state index in [-0.39, 0.29) is 30.1 Å². The fraction of sp³-hybridized carbons (Fsp3) is 0.444. The van der Waals surface area contributed by atoms with Crippen LogP contribution in [0.25, 0.3) is 11.0 Å². The van der Waals surface area contributed by atoms with Crippen LogP contribution in [0.4, 0.5) is 0 Å². The smallest absolute Gasteiger partial charge is 0.338 e. The van der Waals surface area contributed by atoms with Gasteiger partial charge in [-0.05, 0) is 30.5 Å². The van der Waals surface area contributed by atoms with Crippen LogP contribution < -0.4 is 5.32 Å². The van der Waals surface area contributed by atoms with E-state index in [4.69, 9.17) is 21.1 Å². The molecule has 1 amide bonds. The minimum Gasteiger partial charge on any atom is -0.465 e. The van der Waals surface area contributed by atoms with Crippen LogP contribution >= 0.6 is 11.6 Å². The van der Waals surface area contributed by atoms with E-state index in [2.05, 4.69) is 15.3 Å². The van der Waals surface area contributed by atoms with Crippen LogP contribution in [0, 0.1) is 5.92 Å². The normalized spacial score (nSPS) is 14.1. The van der Waals surface area contributed by atoms with Gasteiger partial charge in [-0.15, -0.1) is 0 Å². The van der Waals surface area contributed by atoms with Gasteiger partial charge < -0.3 is 14.8 Å². The van der Waals surface area contributed by atoms with Crippen molar-refractivity contribution in [3.63, 3.8) is 0 Å². The summed E-state index contributed by atoms with van der Waals surface area (Å²) in [5, 5.41) is 3.06. The van der Waals surface area contributed by atoms with Gasteiger partial charge in [0.1, 0.15) is 0 Å². The minimum absolute atomic E-state index is 0.0234. The minimum atomic E-state index is -0.478. The molecular formula is C18H20ClN3O4. The standard InChI is InChI=1S/C18H20ClN3O4/c1-25-9-11-6-13-14(7-12(11)18(24)26-2)22-16(19)15(21-13)8-20-17(23)10-4-3-5-10/h6-7,10H,3-5,8-9H2,1-2H3,(H,20,23). The Morgan fingerprint density at radius 1 is 1.23 bits per heavy atom. The van der Waals surface area contributed by atoms with E-state index in [1.54, 1.807) is 19.2 Å². The lowest BCUT2D eigenvalue weighted by Crippen LogP contribution is -2.34. The first kappa shape index (κ1) is 18.5. The van der Waals surface area contributed by atoms with Crippen molar-refractivity contribution in [2.75, 3.05) is 14.2 Å². The summed E-state index contributed by atoms with van der Waals surface area (Å²) < 4.78 is 9.96. The Morgan fingerprint density at radius 2 is 1.96 bits per heavy atom. The molecule has 1 aromatic carbocycles. The first-order valence-corrected chi connectivity index (χ1v) is 8.75. The van der Waals surface area contributed by atoms with Crippen LogP contribution in [0.2, 0.25) is 5.15 Å². The molecule has 0 spiro atoms. The van der Waals surface area contributed by atoms with Crippen molar-refractivity contribution in [2.45, 2.75) is 32.4 Å². The van der Waals surface area contributed by atoms with Crippen LogP contribution in [0.3, 0.4) is 0 Å². The van der Waals surface area contributed by atoms with Gasteiger partial charge in [-0.25, -0.2) is 14.8 Å². The number of amides is 1. The highest BCUT2D eigenvalue weighted by Gasteiger charge is 2.25. The van der Waals surface area contributed by atoms with E-state index in [0.717, 1.165) is 19.3 Å². The van der Waals surface area contributed by atoms with Gasteiger partial charge in [0.25, 0.3) is 0 Å². The monoisotopic (exact) mass is 377 g/mol. The number of fused-ring (bicyclic) bond motifs is 1. The third-order valence-electron chi connectivity index (χ3n) is 4.52. The third kappa shape index (κ3) is 3.78. The van der Waals surface area contributed by atoms with E-state index in [1.807, 2.05) is 0 Å². The molecule has 1 saturated carbocycles. The summed E-state index contributed by atoms with van der Waals surface area (Å²) in [6.07, 6.45) is 2.96. The zero-order chi connectivity index (χ0) is 18.7. The van der Waals surface area contributed by atoms with E-state index in [9.17, 15) is 9.59 Å². The summed E-state index contributed by atoms with van der Waals surface area (Å²) in [6, 6.07) is 3.32. The quantitative estimate of drug-likeness (QED) is 0.778. The molecule has 7 nitrogen and oxygen atoms in total. The number of carbonyl (C=O) groups is 2. The second-order valence-electron chi connectivity index (χ2n) is 6.23. The molecule has 0 unspecified atom stereocenters. The topological polar surface area (TPSA) is 90.4 Å². The Labute approximate surface area is 156 Å². The lowest BCUT2D eigenvalue weighted by molar-refractivity contribution is -0.127. The molecule has 8 heteroatoms. The average Bonchev–Trinajstić information content (AvgIpc) is 2.57. The Bertz CT molecular complexity index is 852. The van der Waals surface area contributed by atoms with Crippen LogP contribution in [0.1, 0.15) is 40.9 Å². The summed E-state index contributed by atoms with van der Waals surface area (Å²) in [5.41, 5.74) is 2.54. The summed E-state index contributed by atoms with van der Waals surface area (Å²) in [6.45, 7) is 0.452. The van der Waals surface area contributed by atoms with E-state index in [0.29, 0.717) is 27.9 Å². The highest BCUT2D eigenvalue weighted by molar-refractivity contribution is 6.30. The number of nitrogens with one attached hydrogen (secondary N) is 1. The first-order valence-electron chi connectivity index (χ1n) is 8.37. The molecule has 0 aliphatic heterocycles. The van der Waals surface area contributed by atoms with E-state index < -0.39 is 5.97 Å². The van der Waals surface area contributed by atoms with Crippen LogP contribution in [-0.2, 0) is 27.4 Å². The van der Waals surface area contributed by atoms with Crippen molar-refractivity contribution < 1.29 is 19.1 Å². The molecule has 0 bridgehead atoms. The number of hydrogen-bond acceptors (Lipinski definition) is 6. The SMILES string of the molecule is COCc1cc2nc(CNC(=O)C3CCC3)c(Cl)nc2cc1C(=O)OC. The van der Waals surface area contributed by atoms with Crippen LogP contribution in [-0.4, -0.2) is 36.1 Å². The van der Waals surface area contributed by atoms with Gasteiger partial charge in [0, 0.05) is 13.0 Å². The first-order chi connectivity index (χ1) is 12.5. The Morgan fingerprint density at radius 3 is 2.58 bits per heavy atom. The second kappa shape index (κ2) is 7.97. The van der Waals surface area contributed by atoms with Crippen LogP contribution in [0.15, 0.2) is 12.1 Å². The van der Waals surface area contributed by atoms with Crippen LogP contribution in [0.5, 0.6) is 0 Å². The molecule has 26 heavy (non-hydrogen) atoms.